The van der Waals surface area contributed by atoms with Crippen LogP contribution in [0.25, 0.3) is 0 Å². The number of guanidine groups is 1. The minimum Gasteiger partial charge on any atom is -0.379 e. The number of amides is 1. The van der Waals surface area contributed by atoms with Gasteiger partial charge in [-0.3, -0.25) is 14.7 Å². The summed E-state index contributed by atoms with van der Waals surface area (Å²) in [6, 6.07) is 0.283. The SMILES string of the molecule is CN=C(NCC1(CN2CCOCC2)CCCCC1)NC1CCN(C(=O)C(C)C)C1.I. The van der Waals surface area contributed by atoms with Gasteiger partial charge in [0.2, 0.25) is 5.91 Å². The second kappa shape index (κ2) is 12.4. The predicted molar refractivity (Wildman–Crippen MR) is 133 cm³/mol. The molecular formula is C22H42IN5O2. The van der Waals surface area contributed by atoms with E-state index in [0.717, 1.165) is 64.9 Å². The number of morpholine rings is 1. The summed E-state index contributed by atoms with van der Waals surface area (Å²) in [5.41, 5.74) is 0.322. The molecule has 3 rings (SSSR count). The second-order valence-corrected chi connectivity index (χ2v) is 9.44. The lowest BCUT2D eigenvalue weighted by molar-refractivity contribution is -0.133. The zero-order valence-corrected chi connectivity index (χ0v) is 21.5. The summed E-state index contributed by atoms with van der Waals surface area (Å²) >= 11 is 0. The number of carbonyl (C=O) groups is 1. The van der Waals surface area contributed by atoms with Gasteiger partial charge < -0.3 is 20.3 Å². The Labute approximate surface area is 199 Å². The lowest BCUT2D eigenvalue weighted by Crippen LogP contribution is -2.52. The van der Waals surface area contributed by atoms with Gasteiger partial charge in [0.05, 0.1) is 13.2 Å². The molecule has 0 aromatic carbocycles. The second-order valence-electron chi connectivity index (χ2n) is 9.44. The molecule has 3 aliphatic rings. The van der Waals surface area contributed by atoms with Gasteiger partial charge in [0, 0.05) is 63.7 Å². The average molecular weight is 536 g/mol. The van der Waals surface area contributed by atoms with E-state index in [0.29, 0.717) is 5.41 Å². The van der Waals surface area contributed by atoms with Crippen molar-refractivity contribution in [3.8, 4) is 0 Å². The Hall–Kier alpha value is -0.610. The van der Waals surface area contributed by atoms with Crippen LogP contribution in [0.1, 0.15) is 52.4 Å². The van der Waals surface area contributed by atoms with Gasteiger partial charge in [-0.25, -0.2) is 0 Å². The molecule has 1 saturated carbocycles. The molecular weight excluding hydrogens is 493 g/mol. The van der Waals surface area contributed by atoms with Crippen molar-refractivity contribution in [2.24, 2.45) is 16.3 Å². The molecule has 7 nitrogen and oxygen atoms in total. The molecule has 0 radical (unpaired) electrons. The van der Waals surface area contributed by atoms with E-state index in [2.05, 4.69) is 20.5 Å². The highest BCUT2D eigenvalue weighted by Gasteiger charge is 2.35. The first-order chi connectivity index (χ1) is 14.0. The van der Waals surface area contributed by atoms with Crippen LogP contribution in [0.2, 0.25) is 0 Å². The Morgan fingerprint density at radius 3 is 2.50 bits per heavy atom. The Balaban J connectivity index is 0.00000320. The summed E-state index contributed by atoms with van der Waals surface area (Å²) in [4.78, 5) is 21.3. The van der Waals surface area contributed by atoms with Crippen LogP contribution in [0.15, 0.2) is 4.99 Å². The maximum Gasteiger partial charge on any atom is 0.225 e. The normalized spacial score (nSPS) is 25.1. The summed E-state index contributed by atoms with van der Waals surface area (Å²) in [5, 5.41) is 7.20. The lowest BCUT2D eigenvalue weighted by Gasteiger charge is -2.42. The quantitative estimate of drug-likeness (QED) is 0.311. The number of hydrogen-bond donors (Lipinski definition) is 2. The number of nitrogens with one attached hydrogen (secondary N) is 2. The zero-order chi connectivity index (χ0) is 20.7. The molecule has 2 heterocycles. The third-order valence-electron chi connectivity index (χ3n) is 6.77. The first-order valence-electron chi connectivity index (χ1n) is 11.6. The summed E-state index contributed by atoms with van der Waals surface area (Å²) in [7, 11) is 1.84. The minimum absolute atomic E-state index is 0. The van der Waals surface area contributed by atoms with E-state index in [4.69, 9.17) is 4.74 Å². The largest absolute Gasteiger partial charge is 0.379 e. The van der Waals surface area contributed by atoms with Crippen LogP contribution in [0.3, 0.4) is 0 Å². The molecule has 0 bridgehead atoms. The van der Waals surface area contributed by atoms with Crippen molar-refractivity contribution < 1.29 is 9.53 Å². The van der Waals surface area contributed by atoms with Crippen LogP contribution < -0.4 is 10.6 Å². The van der Waals surface area contributed by atoms with Gasteiger partial charge in [0.1, 0.15) is 0 Å². The molecule has 1 aliphatic carbocycles. The van der Waals surface area contributed by atoms with Crippen molar-refractivity contribution in [2.45, 2.75) is 58.4 Å². The fraction of sp³-hybridized carbons (Fsp3) is 0.909. The van der Waals surface area contributed by atoms with Crippen molar-refractivity contribution in [3.05, 3.63) is 0 Å². The van der Waals surface area contributed by atoms with E-state index >= 15 is 0 Å². The fourth-order valence-electron chi connectivity index (χ4n) is 5.03. The molecule has 3 fully saturated rings. The first kappa shape index (κ1) is 25.6. The van der Waals surface area contributed by atoms with E-state index in [1.54, 1.807) is 0 Å². The molecule has 30 heavy (non-hydrogen) atoms. The van der Waals surface area contributed by atoms with Crippen LogP contribution in [0, 0.1) is 11.3 Å². The number of rotatable bonds is 6. The van der Waals surface area contributed by atoms with Crippen LogP contribution in [-0.2, 0) is 9.53 Å². The maximum atomic E-state index is 12.2. The number of ether oxygens (including phenoxy) is 1. The Bertz CT molecular complexity index is 560. The van der Waals surface area contributed by atoms with E-state index in [9.17, 15) is 4.79 Å². The highest BCUT2D eigenvalue weighted by molar-refractivity contribution is 14.0. The van der Waals surface area contributed by atoms with E-state index in [1.165, 1.54) is 32.1 Å². The molecule has 2 aliphatic heterocycles. The van der Waals surface area contributed by atoms with Gasteiger partial charge in [-0.2, -0.15) is 0 Å². The number of hydrogen-bond acceptors (Lipinski definition) is 4. The van der Waals surface area contributed by atoms with Crippen molar-refractivity contribution >= 4 is 35.8 Å². The standard InChI is InChI=1S/C22H41N5O2.HI/c1-18(2)20(28)27-10-7-19(15-27)25-21(23-3)24-16-22(8-5-4-6-9-22)17-26-11-13-29-14-12-26;/h18-19H,4-17H2,1-3H3,(H2,23,24,25);1H. The Kier molecular flexibility index (Phi) is 10.6. The number of carbonyl (C=O) groups excluding carboxylic acids is 1. The van der Waals surface area contributed by atoms with Crippen LogP contribution in [0.5, 0.6) is 0 Å². The van der Waals surface area contributed by atoms with Gasteiger partial charge in [-0.15, -0.1) is 24.0 Å². The molecule has 2 saturated heterocycles. The highest BCUT2D eigenvalue weighted by Crippen LogP contribution is 2.36. The lowest BCUT2D eigenvalue weighted by atomic mass is 9.73. The topological polar surface area (TPSA) is 69.2 Å². The van der Waals surface area contributed by atoms with Gasteiger partial charge in [-0.1, -0.05) is 33.1 Å². The molecule has 0 spiro atoms. The van der Waals surface area contributed by atoms with E-state index in [-0.39, 0.29) is 41.8 Å². The van der Waals surface area contributed by atoms with E-state index in [1.807, 2.05) is 25.8 Å². The summed E-state index contributed by atoms with van der Waals surface area (Å²) in [6.45, 7) is 11.5. The van der Waals surface area contributed by atoms with Crippen molar-refractivity contribution in [3.63, 3.8) is 0 Å². The van der Waals surface area contributed by atoms with Crippen molar-refractivity contribution in [1.29, 1.82) is 0 Å². The molecule has 0 aromatic heterocycles. The third kappa shape index (κ3) is 7.22. The number of nitrogens with zero attached hydrogens (tertiary/aromatic N) is 3. The average Bonchev–Trinajstić information content (AvgIpc) is 3.20. The van der Waals surface area contributed by atoms with Crippen molar-refractivity contribution in [1.82, 2.24) is 20.4 Å². The number of aliphatic imine (C=N–C) groups is 1. The predicted octanol–water partition coefficient (Wildman–Crippen LogP) is 2.31. The number of halogens is 1. The molecule has 1 atom stereocenters. The molecule has 1 amide bonds. The Morgan fingerprint density at radius 1 is 1.17 bits per heavy atom. The fourth-order valence-corrected chi connectivity index (χ4v) is 5.03. The number of likely N-dealkylation sites (tertiary alicyclic amines) is 1. The van der Waals surface area contributed by atoms with Crippen LogP contribution in [-0.4, -0.2) is 87.2 Å². The molecule has 0 aromatic rings. The Morgan fingerprint density at radius 2 is 1.87 bits per heavy atom. The summed E-state index contributed by atoms with van der Waals surface area (Å²) in [6.07, 6.45) is 7.57. The van der Waals surface area contributed by atoms with E-state index < -0.39 is 0 Å². The van der Waals surface area contributed by atoms with Crippen molar-refractivity contribution in [2.75, 3.05) is 59.5 Å². The van der Waals surface area contributed by atoms with Crippen LogP contribution >= 0.6 is 24.0 Å². The highest BCUT2D eigenvalue weighted by atomic mass is 127. The molecule has 8 heteroatoms. The smallest absolute Gasteiger partial charge is 0.225 e. The monoisotopic (exact) mass is 535 g/mol. The zero-order valence-electron chi connectivity index (χ0n) is 19.1. The maximum absolute atomic E-state index is 12.2. The summed E-state index contributed by atoms with van der Waals surface area (Å²) < 4.78 is 5.54. The van der Waals surface area contributed by atoms with Crippen LogP contribution in [0.4, 0.5) is 0 Å². The molecule has 1 unspecified atom stereocenters. The van der Waals surface area contributed by atoms with Gasteiger partial charge >= 0.3 is 0 Å². The summed E-state index contributed by atoms with van der Waals surface area (Å²) in [5.74, 6) is 1.20. The third-order valence-corrected chi connectivity index (χ3v) is 6.77. The van der Waals surface area contributed by atoms with Gasteiger partial charge in [0.15, 0.2) is 5.96 Å². The first-order valence-corrected chi connectivity index (χ1v) is 11.6. The van der Waals surface area contributed by atoms with Gasteiger partial charge in [0.25, 0.3) is 0 Å². The van der Waals surface area contributed by atoms with Gasteiger partial charge in [-0.05, 0) is 19.3 Å². The molecule has 2 N–H and O–H groups in total. The minimum atomic E-state index is 0. The molecule has 174 valence electrons.